The third kappa shape index (κ3) is 3.02. The van der Waals surface area contributed by atoms with Gasteiger partial charge in [-0.25, -0.2) is 4.79 Å². The van der Waals surface area contributed by atoms with Crippen LogP contribution in [0.1, 0.15) is 11.1 Å². The molecule has 2 aromatic carbocycles. The highest BCUT2D eigenvalue weighted by atomic mass is 35.5. The van der Waals surface area contributed by atoms with Crippen molar-refractivity contribution in [2.24, 2.45) is 0 Å². The molecular weight excluding hydrogens is 300 g/mol. The molecule has 0 radical (unpaired) electrons. The Morgan fingerprint density at radius 1 is 1.05 bits per heavy atom. The fraction of sp³-hybridized carbons (Fsp3) is 0.0588. The van der Waals surface area contributed by atoms with E-state index < -0.39 is 6.03 Å². The fourth-order valence-electron chi connectivity index (χ4n) is 2.24. The minimum Gasteiger partial charge on any atom is -0.303 e. The maximum atomic E-state index is 12.4. The Morgan fingerprint density at radius 3 is 2.55 bits per heavy atom. The number of nitrogens with one attached hydrogen (secondary N) is 1. The molecule has 2 aromatic rings. The van der Waals surface area contributed by atoms with Gasteiger partial charge in [0.05, 0.1) is 6.54 Å². The van der Waals surface area contributed by atoms with E-state index >= 15 is 0 Å². The molecule has 5 heteroatoms. The average molecular weight is 313 g/mol. The zero-order valence-corrected chi connectivity index (χ0v) is 12.4. The summed E-state index contributed by atoms with van der Waals surface area (Å²) in [5, 5.41) is 3.17. The Bertz CT molecular complexity index is 756. The summed E-state index contributed by atoms with van der Waals surface area (Å²) in [4.78, 5) is 25.5. The molecule has 0 aromatic heterocycles. The quantitative estimate of drug-likeness (QED) is 0.697. The number of urea groups is 1. The molecule has 0 unspecified atom stereocenters. The Hall–Kier alpha value is -2.59. The van der Waals surface area contributed by atoms with Crippen molar-refractivity contribution in [2.45, 2.75) is 6.54 Å². The lowest BCUT2D eigenvalue weighted by Crippen LogP contribution is -2.30. The SMILES string of the molecule is O=C1N/C(=C/c2cccc(Cl)c2)C(=O)N1Cc1ccccc1. The molecule has 1 fully saturated rings. The third-order valence-electron chi connectivity index (χ3n) is 3.31. The highest BCUT2D eigenvalue weighted by molar-refractivity contribution is 6.30. The second-order valence-electron chi connectivity index (χ2n) is 4.92. The molecule has 1 aliphatic heterocycles. The van der Waals surface area contributed by atoms with Crippen molar-refractivity contribution in [3.8, 4) is 0 Å². The number of rotatable bonds is 3. The lowest BCUT2D eigenvalue weighted by atomic mass is 10.2. The molecule has 0 atom stereocenters. The maximum absolute atomic E-state index is 12.4. The first-order valence-electron chi connectivity index (χ1n) is 6.77. The number of amides is 3. The molecule has 22 heavy (non-hydrogen) atoms. The molecule has 3 amide bonds. The number of nitrogens with zero attached hydrogens (tertiary/aromatic N) is 1. The van der Waals surface area contributed by atoms with Gasteiger partial charge in [0.1, 0.15) is 5.70 Å². The molecule has 1 saturated heterocycles. The van der Waals surface area contributed by atoms with Gasteiger partial charge in [0, 0.05) is 5.02 Å². The van der Waals surface area contributed by atoms with Crippen LogP contribution in [0.4, 0.5) is 4.79 Å². The first-order valence-corrected chi connectivity index (χ1v) is 7.15. The number of halogens is 1. The Kier molecular flexibility index (Phi) is 3.94. The van der Waals surface area contributed by atoms with E-state index in [9.17, 15) is 9.59 Å². The van der Waals surface area contributed by atoms with E-state index in [1.54, 1.807) is 24.3 Å². The van der Waals surface area contributed by atoms with Crippen LogP contribution in [0.25, 0.3) is 6.08 Å². The van der Waals surface area contributed by atoms with E-state index in [1.165, 1.54) is 4.90 Å². The molecule has 1 aliphatic rings. The van der Waals surface area contributed by atoms with Gasteiger partial charge < -0.3 is 5.32 Å². The van der Waals surface area contributed by atoms with Gasteiger partial charge in [0.2, 0.25) is 0 Å². The van der Waals surface area contributed by atoms with E-state index in [4.69, 9.17) is 11.6 Å². The lowest BCUT2D eigenvalue weighted by molar-refractivity contribution is -0.123. The summed E-state index contributed by atoms with van der Waals surface area (Å²) in [6, 6.07) is 16.1. The third-order valence-corrected chi connectivity index (χ3v) is 3.54. The zero-order valence-electron chi connectivity index (χ0n) is 11.6. The molecular formula is C17H13ClN2O2. The van der Waals surface area contributed by atoms with Crippen LogP contribution in [0, 0.1) is 0 Å². The van der Waals surface area contributed by atoms with E-state index in [0.29, 0.717) is 5.02 Å². The smallest absolute Gasteiger partial charge is 0.303 e. The molecule has 0 aliphatic carbocycles. The van der Waals surface area contributed by atoms with Crippen molar-refractivity contribution in [3.05, 3.63) is 76.4 Å². The predicted octanol–water partition coefficient (Wildman–Crippen LogP) is 3.43. The van der Waals surface area contributed by atoms with Crippen LogP contribution in [0.3, 0.4) is 0 Å². The van der Waals surface area contributed by atoms with Crippen molar-refractivity contribution in [3.63, 3.8) is 0 Å². The molecule has 3 rings (SSSR count). The molecule has 0 saturated carbocycles. The molecule has 1 N–H and O–H groups in total. The highest BCUT2D eigenvalue weighted by Crippen LogP contribution is 2.18. The minimum atomic E-state index is -0.415. The first kappa shape index (κ1) is 14.4. The number of imide groups is 1. The minimum absolute atomic E-state index is 0.248. The summed E-state index contributed by atoms with van der Waals surface area (Å²) in [6.45, 7) is 0.248. The summed E-state index contributed by atoms with van der Waals surface area (Å²) in [5.41, 5.74) is 1.91. The van der Waals surface area contributed by atoms with Gasteiger partial charge in [0.15, 0.2) is 0 Å². The molecule has 110 valence electrons. The Balaban J connectivity index is 1.82. The first-order chi connectivity index (χ1) is 10.6. The largest absolute Gasteiger partial charge is 0.329 e. The zero-order chi connectivity index (χ0) is 15.5. The van der Waals surface area contributed by atoms with Gasteiger partial charge in [-0.05, 0) is 29.3 Å². The summed E-state index contributed by atoms with van der Waals surface area (Å²) in [6.07, 6.45) is 1.62. The highest BCUT2D eigenvalue weighted by Gasteiger charge is 2.33. The standard InChI is InChI=1S/C17H13ClN2O2/c18-14-8-4-7-13(9-14)10-15-16(21)20(17(22)19-15)11-12-5-2-1-3-6-12/h1-10H,11H2,(H,19,22)/b15-10+. The van der Waals surface area contributed by atoms with Crippen LogP contribution in [-0.2, 0) is 11.3 Å². The molecule has 1 heterocycles. The van der Waals surface area contributed by atoms with E-state index in [0.717, 1.165) is 11.1 Å². The van der Waals surface area contributed by atoms with Gasteiger partial charge in [-0.3, -0.25) is 9.69 Å². The molecule has 0 spiro atoms. The van der Waals surface area contributed by atoms with Crippen molar-refractivity contribution in [1.82, 2.24) is 10.2 Å². The summed E-state index contributed by atoms with van der Waals surface area (Å²) in [5.74, 6) is -0.339. The van der Waals surface area contributed by atoms with Crippen LogP contribution < -0.4 is 5.32 Å². The van der Waals surface area contributed by atoms with Crippen LogP contribution in [0.5, 0.6) is 0 Å². The summed E-state index contributed by atoms with van der Waals surface area (Å²) in [7, 11) is 0. The second-order valence-corrected chi connectivity index (χ2v) is 5.36. The van der Waals surface area contributed by atoms with Gasteiger partial charge in [-0.1, -0.05) is 54.1 Å². The topological polar surface area (TPSA) is 49.4 Å². The number of hydrogen-bond donors (Lipinski definition) is 1. The normalized spacial score (nSPS) is 16.2. The van der Waals surface area contributed by atoms with Gasteiger partial charge in [-0.2, -0.15) is 0 Å². The maximum Gasteiger partial charge on any atom is 0.329 e. The van der Waals surface area contributed by atoms with Crippen LogP contribution in [-0.4, -0.2) is 16.8 Å². The van der Waals surface area contributed by atoms with E-state index in [2.05, 4.69) is 5.32 Å². The van der Waals surface area contributed by atoms with Gasteiger partial charge in [0.25, 0.3) is 5.91 Å². The Morgan fingerprint density at radius 2 is 1.82 bits per heavy atom. The van der Waals surface area contributed by atoms with Crippen molar-refractivity contribution in [2.75, 3.05) is 0 Å². The van der Waals surface area contributed by atoms with Crippen molar-refractivity contribution in [1.29, 1.82) is 0 Å². The Labute approximate surface area is 133 Å². The van der Waals surface area contributed by atoms with E-state index in [1.807, 2.05) is 36.4 Å². The molecule has 0 bridgehead atoms. The van der Waals surface area contributed by atoms with Crippen LogP contribution >= 0.6 is 11.6 Å². The summed E-state index contributed by atoms with van der Waals surface area (Å²) < 4.78 is 0. The average Bonchev–Trinajstić information content (AvgIpc) is 2.76. The summed E-state index contributed by atoms with van der Waals surface area (Å²) >= 11 is 5.92. The predicted molar refractivity (Wildman–Crippen MR) is 85.0 cm³/mol. The number of hydrogen-bond acceptors (Lipinski definition) is 2. The van der Waals surface area contributed by atoms with Crippen LogP contribution in [0.15, 0.2) is 60.3 Å². The number of carbonyl (C=O) groups excluding carboxylic acids is 2. The second kappa shape index (κ2) is 6.03. The fourth-order valence-corrected chi connectivity index (χ4v) is 2.44. The van der Waals surface area contributed by atoms with Gasteiger partial charge >= 0.3 is 6.03 Å². The number of benzene rings is 2. The van der Waals surface area contributed by atoms with Crippen molar-refractivity contribution < 1.29 is 9.59 Å². The van der Waals surface area contributed by atoms with E-state index in [-0.39, 0.29) is 18.1 Å². The number of carbonyl (C=O) groups is 2. The lowest BCUT2D eigenvalue weighted by Gasteiger charge is -2.11. The van der Waals surface area contributed by atoms with Crippen molar-refractivity contribution >= 4 is 29.6 Å². The molecule has 4 nitrogen and oxygen atoms in total. The van der Waals surface area contributed by atoms with Crippen LogP contribution in [0.2, 0.25) is 5.02 Å². The monoisotopic (exact) mass is 312 g/mol. The van der Waals surface area contributed by atoms with Gasteiger partial charge in [-0.15, -0.1) is 0 Å².